The van der Waals surface area contributed by atoms with Gasteiger partial charge in [-0.2, -0.15) is 13.2 Å². The number of carbonyl (C=O) groups is 2. The number of rotatable bonds is 6. The molecular weight excluding hydrogens is 411 g/mol. The van der Waals surface area contributed by atoms with Crippen LogP contribution in [-0.2, 0) is 20.5 Å². The van der Waals surface area contributed by atoms with Crippen LogP contribution in [0.5, 0.6) is 5.75 Å². The van der Waals surface area contributed by atoms with Gasteiger partial charge in [0.2, 0.25) is 0 Å². The largest absolute Gasteiger partial charge is 0.497 e. The molecule has 0 saturated heterocycles. The molecule has 0 bridgehead atoms. The number of hydrogen-bond donors (Lipinski definition) is 1. The van der Waals surface area contributed by atoms with Crippen molar-refractivity contribution in [3.8, 4) is 5.75 Å². The quantitative estimate of drug-likeness (QED) is 0.523. The number of carbonyl (C=O) groups excluding carboxylic acids is 2. The summed E-state index contributed by atoms with van der Waals surface area (Å²) in [6, 6.07) is 9.42. The number of ether oxygens (including phenoxy) is 2. The van der Waals surface area contributed by atoms with E-state index in [4.69, 9.17) is 21.1 Å². The highest BCUT2D eigenvalue weighted by molar-refractivity contribution is 6.33. The van der Waals surface area contributed by atoms with E-state index in [-0.39, 0.29) is 10.7 Å². The Kier molecular flexibility index (Phi) is 7.28. The zero-order valence-corrected chi connectivity index (χ0v) is 16.2. The maximum absolute atomic E-state index is 12.8. The number of anilines is 1. The molecule has 154 valence electrons. The maximum atomic E-state index is 12.8. The molecule has 0 aliphatic carbocycles. The molecule has 1 amide bonds. The summed E-state index contributed by atoms with van der Waals surface area (Å²) in [5, 5.41) is 2.15. The summed E-state index contributed by atoms with van der Waals surface area (Å²) in [5.74, 6) is -1.02. The van der Waals surface area contributed by atoms with Gasteiger partial charge >= 0.3 is 12.1 Å². The van der Waals surface area contributed by atoms with Crippen LogP contribution >= 0.6 is 11.6 Å². The van der Waals surface area contributed by atoms with Gasteiger partial charge in [0.05, 0.1) is 23.4 Å². The van der Waals surface area contributed by atoms with E-state index in [0.29, 0.717) is 17.4 Å². The van der Waals surface area contributed by atoms with E-state index in [1.807, 2.05) is 0 Å². The topological polar surface area (TPSA) is 64.6 Å². The Morgan fingerprint density at radius 1 is 1.17 bits per heavy atom. The van der Waals surface area contributed by atoms with E-state index in [2.05, 4.69) is 5.32 Å². The fourth-order valence-corrected chi connectivity index (χ4v) is 2.37. The Bertz CT molecular complexity index is 928. The maximum Gasteiger partial charge on any atom is 0.416 e. The first-order valence-electron chi connectivity index (χ1n) is 8.30. The molecule has 0 aromatic heterocycles. The lowest BCUT2D eigenvalue weighted by Gasteiger charge is -2.15. The summed E-state index contributed by atoms with van der Waals surface area (Å²) in [7, 11) is 1.51. The first-order chi connectivity index (χ1) is 13.6. The Balaban J connectivity index is 2.00. The summed E-state index contributed by atoms with van der Waals surface area (Å²) in [6.07, 6.45) is -3.26. The molecule has 5 nitrogen and oxygen atoms in total. The zero-order chi connectivity index (χ0) is 21.6. The fraction of sp³-hybridized carbons (Fsp3) is 0.200. The predicted octanol–water partition coefficient (Wildman–Crippen LogP) is 4.95. The second-order valence-electron chi connectivity index (χ2n) is 5.87. The van der Waals surface area contributed by atoms with Crippen molar-refractivity contribution < 1.29 is 32.2 Å². The molecule has 0 fully saturated rings. The number of esters is 1. The van der Waals surface area contributed by atoms with Crippen LogP contribution in [0.25, 0.3) is 6.08 Å². The van der Waals surface area contributed by atoms with Gasteiger partial charge in [-0.25, -0.2) is 4.79 Å². The summed E-state index contributed by atoms with van der Waals surface area (Å²) < 4.78 is 48.4. The van der Waals surface area contributed by atoms with Gasteiger partial charge in [0, 0.05) is 6.08 Å². The van der Waals surface area contributed by atoms with E-state index in [1.54, 1.807) is 24.3 Å². The molecule has 0 aliphatic heterocycles. The molecule has 9 heteroatoms. The first-order valence-corrected chi connectivity index (χ1v) is 8.68. The monoisotopic (exact) mass is 427 g/mol. The van der Waals surface area contributed by atoms with Gasteiger partial charge in [0.15, 0.2) is 6.10 Å². The zero-order valence-electron chi connectivity index (χ0n) is 15.4. The molecule has 0 radical (unpaired) electrons. The molecule has 0 spiro atoms. The SMILES string of the molecule is COc1cccc(/C=C/C(=O)O[C@@H](C)C(=O)Nc2cc(C(F)(F)F)ccc2Cl)c1. The summed E-state index contributed by atoms with van der Waals surface area (Å²) in [5.41, 5.74) is -0.529. The standard InChI is InChI=1S/C20H17ClF3NO4/c1-12(29-18(26)9-6-13-4-3-5-15(10-13)28-2)19(27)25-17-11-14(20(22,23)24)7-8-16(17)21/h3-12H,1-2H3,(H,25,27)/b9-6+/t12-/m0/s1. The Morgan fingerprint density at radius 2 is 1.90 bits per heavy atom. The highest BCUT2D eigenvalue weighted by atomic mass is 35.5. The lowest BCUT2D eigenvalue weighted by Crippen LogP contribution is -2.29. The molecule has 0 saturated carbocycles. The molecule has 1 atom stereocenters. The average molecular weight is 428 g/mol. The number of methoxy groups -OCH3 is 1. The van der Waals surface area contributed by atoms with Gasteiger partial charge in [-0.05, 0) is 48.9 Å². The van der Waals surface area contributed by atoms with Crippen molar-refractivity contribution in [1.29, 1.82) is 0 Å². The van der Waals surface area contributed by atoms with Crippen molar-refractivity contribution in [2.24, 2.45) is 0 Å². The Hall–Kier alpha value is -3.00. The Labute approximate surface area is 170 Å². The molecule has 0 unspecified atom stereocenters. The predicted molar refractivity (Wildman–Crippen MR) is 103 cm³/mol. The van der Waals surface area contributed by atoms with Crippen LogP contribution < -0.4 is 10.1 Å². The van der Waals surface area contributed by atoms with Crippen LogP contribution in [0.3, 0.4) is 0 Å². The molecular formula is C20H17ClF3NO4. The lowest BCUT2D eigenvalue weighted by molar-refractivity contribution is -0.148. The molecule has 0 aliphatic rings. The van der Waals surface area contributed by atoms with Gasteiger partial charge in [-0.1, -0.05) is 23.7 Å². The second-order valence-corrected chi connectivity index (χ2v) is 6.28. The number of benzene rings is 2. The minimum absolute atomic E-state index is 0.0807. The van der Waals surface area contributed by atoms with E-state index >= 15 is 0 Å². The molecule has 29 heavy (non-hydrogen) atoms. The second kappa shape index (κ2) is 9.47. The van der Waals surface area contributed by atoms with Crippen LogP contribution in [0, 0.1) is 0 Å². The minimum atomic E-state index is -4.59. The van der Waals surface area contributed by atoms with Crippen molar-refractivity contribution in [3.63, 3.8) is 0 Å². The van der Waals surface area contributed by atoms with Crippen LogP contribution in [-0.4, -0.2) is 25.1 Å². The van der Waals surface area contributed by atoms with Crippen molar-refractivity contribution in [2.75, 3.05) is 12.4 Å². The summed E-state index contributed by atoms with van der Waals surface area (Å²) in [6.45, 7) is 1.29. The van der Waals surface area contributed by atoms with Crippen molar-refractivity contribution >= 4 is 35.2 Å². The minimum Gasteiger partial charge on any atom is -0.497 e. The smallest absolute Gasteiger partial charge is 0.416 e. The average Bonchev–Trinajstić information content (AvgIpc) is 2.67. The number of alkyl halides is 3. The van der Waals surface area contributed by atoms with Crippen molar-refractivity contribution in [2.45, 2.75) is 19.2 Å². The summed E-state index contributed by atoms with van der Waals surface area (Å²) >= 11 is 5.83. The van der Waals surface area contributed by atoms with Crippen LogP contribution in [0.4, 0.5) is 18.9 Å². The summed E-state index contributed by atoms with van der Waals surface area (Å²) in [4.78, 5) is 24.0. The van der Waals surface area contributed by atoms with E-state index in [9.17, 15) is 22.8 Å². The number of nitrogens with one attached hydrogen (secondary N) is 1. The number of hydrogen-bond acceptors (Lipinski definition) is 4. The molecule has 2 aromatic rings. The molecule has 2 aromatic carbocycles. The normalized spacial score (nSPS) is 12.5. The lowest BCUT2D eigenvalue weighted by atomic mass is 10.2. The number of halogens is 4. The van der Waals surface area contributed by atoms with Gasteiger partial charge in [0.25, 0.3) is 5.91 Å². The van der Waals surface area contributed by atoms with Gasteiger partial charge in [0.1, 0.15) is 5.75 Å². The third kappa shape index (κ3) is 6.53. The fourth-order valence-electron chi connectivity index (χ4n) is 2.21. The van der Waals surface area contributed by atoms with Crippen LogP contribution in [0.2, 0.25) is 5.02 Å². The molecule has 0 heterocycles. The van der Waals surface area contributed by atoms with E-state index < -0.39 is 29.7 Å². The highest BCUT2D eigenvalue weighted by Crippen LogP contribution is 2.33. The third-order valence-corrected chi connectivity index (χ3v) is 4.05. The van der Waals surface area contributed by atoms with Gasteiger partial charge in [-0.15, -0.1) is 0 Å². The van der Waals surface area contributed by atoms with Crippen molar-refractivity contribution in [3.05, 3.63) is 64.7 Å². The van der Waals surface area contributed by atoms with E-state index in [1.165, 1.54) is 20.1 Å². The Morgan fingerprint density at radius 3 is 2.55 bits per heavy atom. The van der Waals surface area contributed by atoms with E-state index in [0.717, 1.165) is 18.2 Å². The first kappa shape index (κ1) is 22.3. The van der Waals surface area contributed by atoms with Crippen LogP contribution in [0.1, 0.15) is 18.1 Å². The molecule has 1 N–H and O–H groups in total. The highest BCUT2D eigenvalue weighted by Gasteiger charge is 2.31. The van der Waals surface area contributed by atoms with Gasteiger partial charge in [-0.3, -0.25) is 4.79 Å². The third-order valence-electron chi connectivity index (χ3n) is 3.72. The van der Waals surface area contributed by atoms with Gasteiger partial charge < -0.3 is 14.8 Å². The van der Waals surface area contributed by atoms with Crippen LogP contribution in [0.15, 0.2) is 48.5 Å². The van der Waals surface area contributed by atoms with Crippen molar-refractivity contribution in [1.82, 2.24) is 0 Å². The molecule has 2 rings (SSSR count). The number of amides is 1.